The second kappa shape index (κ2) is 10.8. The Bertz CT molecular complexity index is 267. The zero-order valence-electron chi connectivity index (χ0n) is 12.5. The molecule has 5 nitrogen and oxygen atoms in total. The number of nitrogens with two attached hydrogens (primary N) is 1. The predicted octanol–water partition coefficient (Wildman–Crippen LogP) is 1.17. The number of amides is 2. The smallest absolute Gasteiger partial charge is 0.222 e. The van der Waals surface area contributed by atoms with Crippen LogP contribution in [0.15, 0.2) is 0 Å². The van der Waals surface area contributed by atoms with Gasteiger partial charge in [-0.2, -0.15) is 0 Å². The maximum absolute atomic E-state index is 11.7. The van der Waals surface area contributed by atoms with Gasteiger partial charge in [-0.25, -0.2) is 0 Å². The van der Waals surface area contributed by atoms with Crippen molar-refractivity contribution >= 4 is 11.8 Å². The van der Waals surface area contributed by atoms with Gasteiger partial charge < -0.3 is 16.4 Å². The summed E-state index contributed by atoms with van der Waals surface area (Å²) in [6.45, 7) is 6.99. The van der Waals surface area contributed by atoms with Gasteiger partial charge in [0.05, 0.1) is 0 Å². The Morgan fingerprint density at radius 2 is 1.79 bits per heavy atom. The topological polar surface area (TPSA) is 84.2 Å². The first-order chi connectivity index (χ1) is 8.97. The highest BCUT2D eigenvalue weighted by molar-refractivity contribution is 5.80. The molecular weight excluding hydrogens is 242 g/mol. The molecule has 4 N–H and O–H groups in total. The lowest BCUT2D eigenvalue weighted by Gasteiger charge is -2.12. The van der Waals surface area contributed by atoms with Crippen molar-refractivity contribution in [3.05, 3.63) is 0 Å². The lowest BCUT2D eigenvalue weighted by molar-refractivity contribution is -0.125. The Kier molecular flexibility index (Phi) is 10.2. The van der Waals surface area contributed by atoms with E-state index < -0.39 is 0 Å². The molecule has 5 heteroatoms. The van der Waals surface area contributed by atoms with Crippen molar-refractivity contribution in [2.24, 2.45) is 11.7 Å². The maximum Gasteiger partial charge on any atom is 0.222 e. The summed E-state index contributed by atoms with van der Waals surface area (Å²) >= 11 is 0. The first kappa shape index (κ1) is 17.9. The molecule has 19 heavy (non-hydrogen) atoms. The van der Waals surface area contributed by atoms with E-state index in [9.17, 15) is 9.59 Å². The van der Waals surface area contributed by atoms with E-state index in [1.54, 1.807) is 0 Å². The number of hydrogen-bond acceptors (Lipinski definition) is 3. The van der Waals surface area contributed by atoms with Gasteiger partial charge in [0, 0.05) is 31.5 Å². The average molecular weight is 271 g/mol. The third-order valence-electron chi connectivity index (χ3n) is 2.97. The molecule has 0 saturated carbocycles. The molecule has 2 atom stereocenters. The highest BCUT2D eigenvalue weighted by Crippen LogP contribution is 2.08. The van der Waals surface area contributed by atoms with E-state index in [0.29, 0.717) is 19.5 Å². The van der Waals surface area contributed by atoms with Crippen LogP contribution in [0.3, 0.4) is 0 Å². The molecule has 0 aliphatic heterocycles. The molecule has 0 aliphatic carbocycles. The third kappa shape index (κ3) is 10.5. The van der Waals surface area contributed by atoms with Crippen LogP contribution in [0, 0.1) is 5.92 Å². The van der Waals surface area contributed by atoms with E-state index in [2.05, 4.69) is 10.6 Å². The minimum absolute atomic E-state index is 0.00763. The van der Waals surface area contributed by atoms with Crippen molar-refractivity contribution in [2.45, 2.75) is 58.9 Å². The summed E-state index contributed by atoms with van der Waals surface area (Å²) in [5.41, 5.74) is 5.66. The molecule has 112 valence electrons. The molecule has 0 aromatic carbocycles. The van der Waals surface area contributed by atoms with Crippen molar-refractivity contribution in [3.63, 3.8) is 0 Å². The lowest BCUT2D eigenvalue weighted by Crippen LogP contribution is -2.33. The summed E-state index contributed by atoms with van der Waals surface area (Å²) in [5, 5.41) is 5.57. The molecule has 0 aliphatic rings. The standard InChI is InChI=1S/C14H29N3O2/c1-4-9-16-13(18)8-10-17-14(19)11(2)6-5-7-12(3)15/h11-12H,4-10,15H2,1-3H3,(H,16,18)(H,17,19). The fraction of sp³-hybridized carbons (Fsp3) is 0.857. The Morgan fingerprint density at radius 3 is 2.37 bits per heavy atom. The van der Waals surface area contributed by atoms with Crippen LogP contribution in [0.1, 0.15) is 52.9 Å². The van der Waals surface area contributed by atoms with Crippen molar-refractivity contribution in [2.75, 3.05) is 13.1 Å². The molecule has 0 aromatic rings. The maximum atomic E-state index is 11.7. The van der Waals surface area contributed by atoms with E-state index in [1.807, 2.05) is 20.8 Å². The second-order valence-corrected chi connectivity index (χ2v) is 5.20. The summed E-state index contributed by atoms with van der Waals surface area (Å²) < 4.78 is 0. The van der Waals surface area contributed by atoms with Crippen LogP contribution in [-0.2, 0) is 9.59 Å². The van der Waals surface area contributed by atoms with E-state index in [-0.39, 0.29) is 23.8 Å². The SMILES string of the molecule is CCCNC(=O)CCNC(=O)C(C)CCCC(C)N. The second-order valence-electron chi connectivity index (χ2n) is 5.20. The normalized spacial score (nSPS) is 13.7. The highest BCUT2D eigenvalue weighted by Gasteiger charge is 2.12. The van der Waals surface area contributed by atoms with Crippen LogP contribution in [0.2, 0.25) is 0 Å². The van der Waals surface area contributed by atoms with Crippen LogP contribution in [0.4, 0.5) is 0 Å². The van der Waals surface area contributed by atoms with Gasteiger partial charge in [-0.05, 0) is 26.2 Å². The molecule has 0 fully saturated rings. The van der Waals surface area contributed by atoms with E-state index >= 15 is 0 Å². The highest BCUT2D eigenvalue weighted by atomic mass is 16.2. The minimum Gasteiger partial charge on any atom is -0.356 e. The van der Waals surface area contributed by atoms with Crippen LogP contribution >= 0.6 is 0 Å². The number of carbonyl (C=O) groups is 2. The molecule has 0 saturated heterocycles. The summed E-state index contributed by atoms with van der Waals surface area (Å²) in [6, 6.07) is 0.192. The molecule has 0 heterocycles. The fourth-order valence-electron chi connectivity index (χ4n) is 1.70. The monoisotopic (exact) mass is 271 g/mol. The Morgan fingerprint density at radius 1 is 1.11 bits per heavy atom. The Hall–Kier alpha value is -1.10. The van der Waals surface area contributed by atoms with Gasteiger partial charge in [0.25, 0.3) is 0 Å². The van der Waals surface area contributed by atoms with E-state index in [4.69, 9.17) is 5.73 Å². The largest absolute Gasteiger partial charge is 0.356 e. The van der Waals surface area contributed by atoms with Gasteiger partial charge in [-0.3, -0.25) is 9.59 Å². The Balaban J connectivity index is 3.64. The first-order valence-electron chi connectivity index (χ1n) is 7.27. The molecule has 0 spiro atoms. The molecule has 0 radical (unpaired) electrons. The van der Waals surface area contributed by atoms with Crippen molar-refractivity contribution in [1.82, 2.24) is 10.6 Å². The van der Waals surface area contributed by atoms with Gasteiger partial charge in [-0.15, -0.1) is 0 Å². The van der Waals surface area contributed by atoms with Gasteiger partial charge in [0.1, 0.15) is 0 Å². The van der Waals surface area contributed by atoms with Crippen molar-refractivity contribution in [3.8, 4) is 0 Å². The Labute approximate surface area is 116 Å². The summed E-state index contributed by atoms with van der Waals surface area (Å²) in [4.78, 5) is 23.1. The summed E-state index contributed by atoms with van der Waals surface area (Å²) in [7, 11) is 0. The third-order valence-corrected chi connectivity index (χ3v) is 2.97. The van der Waals surface area contributed by atoms with Crippen molar-refractivity contribution in [1.29, 1.82) is 0 Å². The molecule has 0 aromatic heterocycles. The zero-order chi connectivity index (χ0) is 14.7. The average Bonchev–Trinajstić information content (AvgIpc) is 2.35. The first-order valence-corrected chi connectivity index (χ1v) is 7.27. The molecule has 0 bridgehead atoms. The summed E-state index contributed by atoms with van der Waals surface area (Å²) in [5.74, 6) is -0.00261. The van der Waals surface area contributed by atoms with Gasteiger partial charge in [0.2, 0.25) is 11.8 Å². The van der Waals surface area contributed by atoms with E-state index in [1.165, 1.54) is 0 Å². The van der Waals surface area contributed by atoms with Crippen LogP contribution < -0.4 is 16.4 Å². The van der Waals surface area contributed by atoms with Gasteiger partial charge in [0.15, 0.2) is 0 Å². The number of hydrogen-bond donors (Lipinski definition) is 3. The minimum atomic E-state index is -0.0162. The molecule has 0 rings (SSSR count). The van der Waals surface area contributed by atoms with E-state index in [0.717, 1.165) is 25.7 Å². The molecule has 2 amide bonds. The lowest BCUT2D eigenvalue weighted by atomic mass is 10.0. The van der Waals surface area contributed by atoms with Crippen molar-refractivity contribution < 1.29 is 9.59 Å². The molecular formula is C14H29N3O2. The summed E-state index contributed by atoms with van der Waals surface area (Å²) in [6.07, 6.45) is 4.02. The number of rotatable bonds is 10. The zero-order valence-corrected chi connectivity index (χ0v) is 12.5. The van der Waals surface area contributed by atoms with Crippen LogP contribution in [0.5, 0.6) is 0 Å². The quantitative estimate of drug-likeness (QED) is 0.557. The van der Waals surface area contributed by atoms with Crippen LogP contribution in [0.25, 0.3) is 0 Å². The fourth-order valence-corrected chi connectivity index (χ4v) is 1.70. The number of carbonyl (C=O) groups excluding carboxylic acids is 2. The van der Waals surface area contributed by atoms with Crippen LogP contribution in [-0.4, -0.2) is 30.9 Å². The van der Waals surface area contributed by atoms with Gasteiger partial charge in [-0.1, -0.05) is 20.3 Å². The predicted molar refractivity (Wildman–Crippen MR) is 77.6 cm³/mol. The molecule has 2 unspecified atom stereocenters. The van der Waals surface area contributed by atoms with Gasteiger partial charge >= 0.3 is 0 Å². The number of nitrogens with one attached hydrogen (secondary N) is 2.